The quantitative estimate of drug-likeness (QED) is 0.660. The molecule has 0 aliphatic carbocycles. The maximum Gasteiger partial charge on any atom is 0.311 e. The first-order valence-electron chi connectivity index (χ1n) is 5.43. The highest BCUT2D eigenvalue weighted by atomic mass is 16.5. The number of hydrogen-bond acceptors (Lipinski definition) is 4. The minimum absolute atomic E-state index is 0.0766. The Balaban J connectivity index is 2.61. The third kappa shape index (κ3) is 2.07. The van der Waals surface area contributed by atoms with Crippen LogP contribution in [0.4, 0.5) is 0 Å². The number of ether oxygens (including phenoxy) is 1. The van der Waals surface area contributed by atoms with Crippen molar-refractivity contribution in [1.82, 2.24) is 4.40 Å². The lowest BCUT2D eigenvalue weighted by Gasteiger charge is -2.02. The minimum Gasteiger partial charge on any atom is -0.508 e. The number of aromatic hydroxyl groups is 1. The zero-order chi connectivity index (χ0) is 13.3. The lowest BCUT2D eigenvalue weighted by molar-refractivity contribution is -0.139. The van der Waals surface area contributed by atoms with E-state index in [-0.39, 0.29) is 23.9 Å². The predicted octanol–water partition coefficient (Wildman–Crippen LogP) is 1.56. The van der Waals surface area contributed by atoms with Gasteiger partial charge in [0, 0.05) is 23.5 Å². The van der Waals surface area contributed by atoms with Crippen LogP contribution in [0.1, 0.15) is 23.0 Å². The zero-order valence-electron chi connectivity index (χ0n) is 10.1. The molecular weight excluding hydrogens is 234 g/mol. The van der Waals surface area contributed by atoms with E-state index in [1.807, 2.05) is 0 Å². The summed E-state index contributed by atoms with van der Waals surface area (Å²) in [6, 6.07) is 4.64. The van der Waals surface area contributed by atoms with E-state index in [1.165, 1.54) is 26.2 Å². The van der Waals surface area contributed by atoms with Gasteiger partial charge in [-0.05, 0) is 19.1 Å². The summed E-state index contributed by atoms with van der Waals surface area (Å²) in [5.41, 5.74) is 1.72. The van der Waals surface area contributed by atoms with E-state index < -0.39 is 0 Å². The molecule has 0 saturated carbocycles. The first kappa shape index (κ1) is 12.2. The Labute approximate surface area is 104 Å². The lowest BCUT2D eigenvalue weighted by atomic mass is 10.2. The van der Waals surface area contributed by atoms with Crippen LogP contribution in [-0.4, -0.2) is 28.4 Å². The molecule has 0 bridgehead atoms. The molecule has 0 amide bonds. The standard InChI is InChI=1S/C13H13NO4/c1-8(15)11-5-9(6-13(17)18-2)14-4-3-10(16)7-12(11)14/h3-5,7,16H,6H2,1-2H3. The molecule has 2 aromatic heterocycles. The summed E-state index contributed by atoms with van der Waals surface area (Å²) in [6.07, 6.45) is 1.70. The fourth-order valence-corrected chi connectivity index (χ4v) is 1.90. The Morgan fingerprint density at radius 1 is 1.39 bits per heavy atom. The molecule has 0 spiro atoms. The Hall–Kier alpha value is -2.30. The maximum absolute atomic E-state index is 11.5. The van der Waals surface area contributed by atoms with Gasteiger partial charge in [-0.2, -0.15) is 0 Å². The zero-order valence-corrected chi connectivity index (χ0v) is 10.1. The predicted molar refractivity (Wildman–Crippen MR) is 64.8 cm³/mol. The third-order valence-corrected chi connectivity index (χ3v) is 2.77. The van der Waals surface area contributed by atoms with Crippen molar-refractivity contribution in [3.05, 3.63) is 35.7 Å². The summed E-state index contributed by atoms with van der Waals surface area (Å²) in [4.78, 5) is 22.8. The van der Waals surface area contributed by atoms with Gasteiger partial charge in [0.25, 0.3) is 0 Å². The summed E-state index contributed by atoms with van der Waals surface area (Å²) in [7, 11) is 1.32. The largest absolute Gasteiger partial charge is 0.508 e. The van der Waals surface area contributed by atoms with Crippen LogP contribution >= 0.6 is 0 Å². The number of aromatic nitrogens is 1. The van der Waals surface area contributed by atoms with Crippen LogP contribution in [-0.2, 0) is 16.0 Å². The number of carbonyl (C=O) groups is 2. The van der Waals surface area contributed by atoms with Crippen molar-refractivity contribution >= 4 is 17.3 Å². The number of carbonyl (C=O) groups excluding carboxylic acids is 2. The van der Waals surface area contributed by atoms with E-state index in [1.54, 1.807) is 16.7 Å². The summed E-state index contributed by atoms with van der Waals surface area (Å²) >= 11 is 0. The highest BCUT2D eigenvalue weighted by molar-refractivity contribution is 6.01. The molecule has 0 atom stereocenters. The van der Waals surface area contributed by atoms with E-state index >= 15 is 0 Å². The second-order valence-corrected chi connectivity index (χ2v) is 4.00. The number of Topliss-reactive ketones (excluding diaryl/α,β-unsaturated/α-hetero) is 1. The lowest BCUT2D eigenvalue weighted by Crippen LogP contribution is -2.06. The van der Waals surface area contributed by atoms with Crippen molar-refractivity contribution < 1.29 is 19.4 Å². The van der Waals surface area contributed by atoms with Gasteiger partial charge in [-0.3, -0.25) is 9.59 Å². The Kier molecular flexibility index (Phi) is 3.06. The van der Waals surface area contributed by atoms with E-state index in [0.29, 0.717) is 16.8 Å². The molecule has 0 saturated heterocycles. The number of ketones is 1. The Morgan fingerprint density at radius 2 is 2.11 bits per heavy atom. The molecule has 2 heterocycles. The Morgan fingerprint density at radius 3 is 2.72 bits per heavy atom. The van der Waals surface area contributed by atoms with E-state index in [4.69, 9.17) is 0 Å². The molecule has 0 aliphatic heterocycles. The monoisotopic (exact) mass is 247 g/mol. The van der Waals surface area contributed by atoms with Crippen molar-refractivity contribution in [3.63, 3.8) is 0 Å². The first-order chi connectivity index (χ1) is 8.52. The molecule has 0 unspecified atom stereocenters. The van der Waals surface area contributed by atoms with Gasteiger partial charge in [0.05, 0.1) is 19.0 Å². The molecule has 1 N–H and O–H groups in total. The minimum atomic E-state index is -0.377. The van der Waals surface area contributed by atoms with Gasteiger partial charge < -0.3 is 14.2 Å². The fourth-order valence-electron chi connectivity index (χ4n) is 1.90. The van der Waals surface area contributed by atoms with Crippen molar-refractivity contribution in [1.29, 1.82) is 0 Å². The first-order valence-corrected chi connectivity index (χ1v) is 5.43. The molecular formula is C13H13NO4. The summed E-state index contributed by atoms with van der Waals surface area (Å²) < 4.78 is 6.31. The van der Waals surface area contributed by atoms with Gasteiger partial charge >= 0.3 is 5.97 Å². The fraction of sp³-hybridized carbons (Fsp3) is 0.231. The molecule has 5 heteroatoms. The molecule has 94 valence electrons. The number of esters is 1. The van der Waals surface area contributed by atoms with Crippen molar-refractivity contribution in [3.8, 4) is 5.75 Å². The van der Waals surface area contributed by atoms with Gasteiger partial charge in [-0.15, -0.1) is 0 Å². The summed E-state index contributed by atoms with van der Waals surface area (Å²) in [5, 5.41) is 9.46. The third-order valence-electron chi connectivity index (χ3n) is 2.77. The van der Waals surface area contributed by atoms with E-state index in [9.17, 15) is 14.7 Å². The second kappa shape index (κ2) is 4.52. The summed E-state index contributed by atoms with van der Waals surface area (Å²) in [5.74, 6) is -0.417. The van der Waals surface area contributed by atoms with E-state index in [2.05, 4.69) is 4.74 Å². The molecule has 18 heavy (non-hydrogen) atoms. The highest BCUT2D eigenvalue weighted by Gasteiger charge is 2.15. The van der Waals surface area contributed by atoms with Gasteiger partial charge in [-0.25, -0.2) is 0 Å². The number of rotatable bonds is 3. The number of nitrogens with zero attached hydrogens (tertiary/aromatic N) is 1. The molecule has 0 aliphatic rings. The molecule has 5 nitrogen and oxygen atoms in total. The number of fused-ring (bicyclic) bond motifs is 1. The number of methoxy groups -OCH3 is 1. The topological polar surface area (TPSA) is 68.0 Å². The molecule has 0 fully saturated rings. The SMILES string of the molecule is COC(=O)Cc1cc(C(C)=O)c2cc(O)ccn12. The van der Waals surface area contributed by atoms with Crippen LogP contribution in [0.2, 0.25) is 0 Å². The second-order valence-electron chi connectivity index (χ2n) is 4.00. The van der Waals surface area contributed by atoms with Crippen molar-refractivity contribution in [2.45, 2.75) is 13.3 Å². The summed E-state index contributed by atoms with van der Waals surface area (Å²) in [6.45, 7) is 1.45. The van der Waals surface area contributed by atoms with Gasteiger partial charge in [0.2, 0.25) is 0 Å². The molecule has 2 rings (SSSR count). The van der Waals surface area contributed by atoms with Crippen molar-refractivity contribution in [2.24, 2.45) is 0 Å². The molecule has 0 radical (unpaired) electrons. The maximum atomic E-state index is 11.5. The molecule has 0 aromatic carbocycles. The smallest absolute Gasteiger partial charge is 0.311 e. The average Bonchev–Trinajstić information content (AvgIpc) is 2.67. The average molecular weight is 247 g/mol. The van der Waals surface area contributed by atoms with Gasteiger partial charge in [0.1, 0.15) is 5.75 Å². The van der Waals surface area contributed by atoms with Gasteiger partial charge in [0.15, 0.2) is 5.78 Å². The van der Waals surface area contributed by atoms with Crippen LogP contribution in [0.15, 0.2) is 24.4 Å². The van der Waals surface area contributed by atoms with Crippen LogP contribution in [0.25, 0.3) is 5.52 Å². The molecule has 2 aromatic rings. The van der Waals surface area contributed by atoms with Crippen LogP contribution in [0.3, 0.4) is 0 Å². The highest BCUT2D eigenvalue weighted by Crippen LogP contribution is 2.22. The van der Waals surface area contributed by atoms with E-state index in [0.717, 1.165) is 0 Å². The Bertz CT molecular complexity index is 627. The van der Waals surface area contributed by atoms with Crippen molar-refractivity contribution in [2.75, 3.05) is 7.11 Å². The van der Waals surface area contributed by atoms with Gasteiger partial charge in [-0.1, -0.05) is 0 Å². The number of hydrogen-bond donors (Lipinski definition) is 1. The van der Waals surface area contributed by atoms with Crippen LogP contribution in [0, 0.1) is 0 Å². The normalized spacial score (nSPS) is 10.6. The van der Waals surface area contributed by atoms with Crippen LogP contribution in [0.5, 0.6) is 5.75 Å². The van der Waals surface area contributed by atoms with Crippen LogP contribution < -0.4 is 0 Å². The number of pyridine rings is 1.